The van der Waals surface area contributed by atoms with Gasteiger partial charge in [-0.25, -0.2) is 0 Å². The van der Waals surface area contributed by atoms with Gasteiger partial charge in [-0.3, -0.25) is 0 Å². The number of rotatable bonds is 16. The largest absolute Gasteiger partial charge is 0.345 e. The molecule has 0 spiro atoms. The van der Waals surface area contributed by atoms with Crippen LogP contribution in [0.3, 0.4) is 0 Å². The van der Waals surface area contributed by atoms with Crippen LogP contribution in [0.1, 0.15) is 0 Å². The summed E-state index contributed by atoms with van der Waals surface area (Å²) in [5.41, 5.74) is 25.6. The van der Waals surface area contributed by atoms with Gasteiger partial charge in [0.25, 0.3) is 0 Å². The number of fused-ring (bicyclic) bond motifs is 1. The molecule has 0 aliphatic rings. The summed E-state index contributed by atoms with van der Waals surface area (Å²) in [7, 11) is 4.24. The molecule has 0 N–H and O–H groups in total. The first-order valence-electron chi connectivity index (χ1n) is 32.1. The zero-order valence-corrected chi connectivity index (χ0v) is 52.7. The van der Waals surface area contributed by atoms with Gasteiger partial charge in [-0.2, -0.15) is 0 Å². The number of para-hydroxylation sites is 1. The maximum Gasteiger partial charge on any atom is 0.0487 e. The van der Waals surface area contributed by atoms with E-state index in [0.29, 0.717) is 0 Å². The second-order valence-corrected chi connectivity index (χ2v) is 23.5. The van der Waals surface area contributed by atoms with Crippen molar-refractivity contribution in [1.82, 2.24) is 0 Å². The van der Waals surface area contributed by atoms with E-state index in [2.05, 4.69) is 416 Å². The summed E-state index contributed by atoms with van der Waals surface area (Å²) in [5, 5.41) is 2.50. The third-order valence-electron chi connectivity index (χ3n) is 17.5. The van der Waals surface area contributed by atoms with Crippen molar-refractivity contribution in [3.05, 3.63) is 388 Å². The number of hydrogen-bond donors (Lipinski definition) is 0. The summed E-state index contributed by atoms with van der Waals surface area (Å²) in [5.74, 6) is 0. The standard InChI is InChI=1S/C47H36N2.C43H34N2/c1-48(47-24-12-18-39-17-8-9-23-46(39)47)42-29-25-37(26-30-42)38-27-31-43(32-28-38)49(44-21-10-19-40(33-44)35-13-4-2-5-14-35)45-22-11-20-41(34-45)36-15-6-3-7-16-36;1-44(39-19-9-4-10-20-39)40-27-23-35(24-28-40)36-25-29-41(30-26-36)45(42-21-11-17-37(31-42)33-13-5-2-6-14-33)43-22-12-18-38(32-43)34-15-7-3-8-16-34/h2-34H,1H3;2-32H,1H3. The van der Waals surface area contributed by atoms with Crippen molar-refractivity contribution in [2.75, 3.05) is 33.7 Å². The Morgan fingerprint density at radius 1 is 0.160 bits per heavy atom. The third kappa shape index (κ3) is 13.3. The van der Waals surface area contributed by atoms with Gasteiger partial charge < -0.3 is 19.6 Å². The number of benzene rings is 15. The fourth-order valence-electron chi connectivity index (χ4n) is 12.5. The van der Waals surface area contributed by atoms with Crippen molar-refractivity contribution in [3.8, 4) is 66.8 Å². The molecule has 0 heterocycles. The smallest absolute Gasteiger partial charge is 0.0487 e. The summed E-state index contributed by atoms with van der Waals surface area (Å²) < 4.78 is 0. The third-order valence-corrected chi connectivity index (χ3v) is 17.5. The minimum atomic E-state index is 1.10. The minimum Gasteiger partial charge on any atom is -0.345 e. The van der Waals surface area contributed by atoms with E-state index in [0.717, 1.165) is 45.5 Å². The van der Waals surface area contributed by atoms with Gasteiger partial charge in [0.2, 0.25) is 0 Å². The first-order valence-corrected chi connectivity index (χ1v) is 32.1. The molecule has 15 rings (SSSR count). The highest BCUT2D eigenvalue weighted by Crippen LogP contribution is 2.42. The van der Waals surface area contributed by atoms with E-state index in [4.69, 9.17) is 0 Å². The van der Waals surface area contributed by atoms with E-state index in [9.17, 15) is 0 Å². The molecule has 0 fully saturated rings. The molecule has 0 unspecified atom stereocenters. The Hall–Kier alpha value is -12.2. The van der Waals surface area contributed by atoms with Crippen LogP contribution in [0.25, 0.3) is 77.5 Å². The van der Waals surface area contributed by atoms with Crippen molar-refractivity contribution < 1.29 is 0 Å². The van der Waals surface area contributed by atoms with E-state index in [1.165, 1.54) is 88.9 Å². The van der Waals surface area contributed by atoms with Crippen molar-refractivity contribution >= 4 is 67.6 Å². The van der Waals surface area contributed by atoms with Gasteiger partial charge in [0.1, 0.15) is 0 Å². The molecule has 4 nitrogen and oxygen atoms in total. The summed E-state index contributed by atoms with van der Waals surface area (Å²) in [6, 6.07) is 138. The molecule has 94 heavy (non-hydrogen) atoms. The Morgan fingerprint density at radius 3 is 0.745 bits per heavy atom. The monoisotopic (exact) mass is 1210 g/mol. The Balaban J connectivity index is 0.000000163. The maximum atomic E-state index is 2.35. The van der Waals surface area contributed by atoms with Crippen LogP contribution in [0.15, 0.2) is 388 Å². The highest BCUT2D eigenvalue weighted by atomic mass is 15.1. The molecule has 0 saturated carbocycles. The van der Waals surface area contributed by atoms with E-state index in [1.807, 2.05) is 6.07 Å². The normalized spacial score (nSPS) is 10.9. The Labute approximate surface area is 553 Å². The number of anilines is 10. The SMILES string of the molecule is CN(c1ccc(-c2ccc(N(c3cccc(-c4ccccc4)c3)c3cccc(-c4ccccc4)c3)cc2)cc1)c1cccc2ccccc12.CN(c1ccccc1)c1ccc(-c2ccc(N(c3cccc(-c4ccccc4)c3)c3cccc(-c4ccccc4)c3)cc2)cc1. The lowest BCUT2D eigenvalue weighted by Gasteiger charge is -2.27. The predicted molar refractivity (Wildman–Crippen MR) is 401 cm³/mol. The molecule has 450 valence electrons. The molecule has 0 atom stereocenters. The summed E-state index contributed by atoms with van der Waals surface area (Å²) in [6.45, 7) is 0. The van der Waals surface area contributed by atoms with Crippen molar-refractivity contribution in [2.45, 2.75) is 0 Å². The molecule has 0 aromatic heterocycles. The van der Waals surface area contributed by atoms with Gasteiger partial charge in [-0.1, -0.05) is 273 Å². The minimum absolute atomic E-state index is 1.10. The predicted octanol–water partition coefficient (Wildman–Crippen LogP) is 25.0. The quantitative estimate of drug-likeness (QED) is 0.0956. The molecule has 15 aromatic rings. The van der Waals surface area contributed by atoms with Crippen LogP contribution in [-0.4, -0.2) is 14.1 Å². The average Bonchev–Trinajstić information content (AvgIpc) is 0.930. The molecular formula is C90H70N4. The van der Waals surface area contributed by atoms with E-state index >= 15 is 0 Å². The first kappa shape index (κ1) is 59.4. The van der Waals surface area contributed by atoms with Crippen molar-refractivity contribution in [1.29, 1.82) is 0 Å². The average molecular weight is 1210 g/mol. The van der Waals surface area contributed by atoms with Crippen LogP contribution in [0.4, 0.5) is 56.9 Å². The van der Waals surface area contributed by atoms with Crippen LogP contribution >= 0.6 is 0 Å². The molecule has 0 saturated heterocycles. The number of hydrogen-bond acceptors (Lipinski definition) is 4. The molecule has 4 heteroatoms. The van der Waals surface area contributed by atoms with Gasteiger partial charge in [-0.15, -0.1) is 0 Å². The molecule has 0 radical (unpaired) electrons. The summed E-state index contributed by atoms with van der Waals surface area (Å²) in [6.07, 6.45) is 0. The van der Waals surface area contributed by atoms with Crippen LogP contribution in [0, 0.1) is 0 Å². The van der Waals surface area contributed by atoms with Gasteiger partial charge in [-0.05, 0) is 187 Å². The van der Waals surface area contributed by atoms with Crippen molar-refractivity contribution in [3.63, 3.8) is 0 Å². The van der Waals surface area contributed by atoms with E-state index < -0.39 is 0 Å². The second kappa shape index (κ2) is 27.9. The summed E-state index contributed by atoms with van der Waals surface area (Å²) in [4.78, 5) is 9.17. The van der Waals surface area contributed by atoms with Crippen LogP contribution in [0.2, 0.25) is 0 Å². The van der Waals surface area contributed by atoms with E-state index in [-0.39, 0.29) is 0 Å². The lowest BCUT2D eigenvalue weighted by atomic mass is 10.0. The van der Waals surface area contributed by atoms with E-state index in [1.54, 1.807) is 0 Å². The zero-order valence-electron chi connectivity index (χ0n) is 52.7. The Morgan fingerprint density at radius 2 is 0.394 bits per heavy atom. The molecule has 0 aliphatic heterocycles. The fraction of sp³-hybridized carbons (Fsp3) is 0.0222. The topological polar surface area (TPSA) is 13.0 Å². The maximum absolute atomic E-state index is 2.35. The fourth-order valence-corrected chi connectivity index (χ4v) is 12.5. The molecule has 15 aromatic carbocycles. The highest BCUT2D eigenvalue weighted by Gasteiger charge is 2.18. The summed E-state index contributed by atoms with van der Waals surface area (Å²) >= 11 is 0. The lowest BCUT2D eigenvalue weighted by molar-refractivity contribution is 1.21. The zero-order chi connectivity index (χ0) is 63.4. The van der Waals surface area contributed by atoms with Crippen molar-refractivity contribution in [2.24, 2.45) is 0 Å². The van der Waals surface area contributed by atoms with Gasteiger partial charge >= 0.3 is 0 Å². The van der Waals surface area contributed by atoms with Gasteiger partial charge in [0, 0.05) is 76.4 Å². The van der Waals surface area contributed by atoms with Crippen LogP contribution < -0.4 is 19.6 Å². The molecular weight excluding hydrogens is 1140 g/mol. The van der Waals surface area contributed by atoms with Crippen LogP contribution in [-0.2, 0) is 0 Å². The molecule has 0 bridgehead atoms. The Kier molecular flexibility index (Phi) is 17.6. The lowest BCUT2D eigenvalue weighted by Crippen LogP contribution is -2.10. The Bertz CT molecular complexity index is 4770. The van der Waals surface area contributed by atoms with Crippen LogP contribution in [0.5, 0.6) is 0 Å². The van der Waals surface area contributed by atoms with Gasteiger partial charge in [0.15, 0.2) is 0 Å². The highest BCUT2D eigenvalue weighted by molar-refractivity contribution is 5.96. The molecule has 0 amide bonds. The van der Waals surface area contributed by atoms with Gasteiger partial charge in [0.05, 0.1) is 0 Å². The number of nitrogens with zero attached hydrogens (tertiary/aromatic N) is 4. The molecule has 0 aliphatic carbocycles. The first-order chi connectivity index (χ1) is 46.4. The second-order valence-electron chi connectivity index (χ2n) is 23.5.